The highest BCUT2D eigenvalue weighted by atomic mass is 15.0. The quantitative estimate of drug-likeness (QED) is 0.840. The molecule has 0 aliphatic heterocycles. The third-order valence-corrected chi connectivity index (χ3v) is 3.41. The summed E-state index contributed by atoms with van der Waals surface area (Å²) in [6, 6.07) is 1.82. The van der Waals surface area contributed by atoms with Crippen LogP contribution < -0.4 is 11.1 Å². The molecule has 1 aliphatic carbocycles. The molecule has 2 rings (SSSR count). The van der Waals surface area contributed by atoms with Crippen LogP contribution in [0, 0.1) is 5.92 Å². The average molecular weight is 234 g/mol. The van der Waals surface area contributed by atoms with Crippen molar-refractivity contribution in [1.29, 1.82) is 0 Å². The van der Waals surface area contributed by atoms with E-state index in [1.54, 1.807) is 0 Å². The van der Waals surface area contributed by atoms with Crippen LogP contribution in [0.4, 0.5) is 11.6 Å². The summed E-state index contributed by atoms with van der Waals surface area (Å²) < 4.78 is 0. The van der Waals surface area contributed by atoms with Crippen molar-refractivity contribution in [2.45, 2.75) is 45.4 Å². The Morgan fingerprint density at radius 2 is 2.06 bits per heavy atom. The number of rotatable bonds is 4. The molecule has 1 heterocycles. The Morgan fingerprint density at radius 3 is 2.76 bits per heavy atom. The summed E-state index contributed by atoms with van der Waals surface area (Å²) in [5.41, 5.74) is 5.75. The van der Waals surface area contributed by atoms with Gasteiger partial charge in [-0.2, -0.15) is 0 Å². The number of aryl methyl sites for hydroxylation is 1. The second-order valence-corrected chi connectivity index (χ2v) is 4.83. The molecule has 1 aromatic rings. The van der Waals surface area contributed by atoms with Gasteiger partial charge >= 0.3 is 0 Å². The van der Waals surface area contributed by atoms with Crippen LogP contribution in [0.25, 0.3) is 0 Å². The van der Waals surface area contributed by atoms with E-state index in [1.807, 2.05) is 13.0 Å². The minimum absolute atomic E-state index is 0.558. The van der Waals surface area contributed by atoms with E-state index in [0.717, 1.165) is 30.5 Å². The fourth-order valence-corrected chi connectivity index (χ4v) is 2.41. The maximum absolute atomic E-state index is 5.75. The number of nitrogens with zero attached hydrogens (tertiary/aromatic N) is 2. The molecule has 0 bridgehead atoms. The number of anilines is 2. The summed E-state index contributed by atoms with van der Waals surface area (Å²) in [5.74, 6) is 3.05. The van der Waals surface area contributed by atoms with Crippen molar-refractivity contribution in [3.8, 4) is 0 Å². The van der Waals surface area contributed by atoms with Crippen LogP contribution in [-0.2, 0) is 6.42 Å². The van der Waals surface area contributed by atoms with Gasteiger partial charge in [-0.05, 0) is 18.8 Å². The van der Waals surface area contributed by atoms with E-state index >= 15 is 0 Å². The third-order valence-electron chi connectivity index (χ3n) is 3.41. The van der Waals surface area contributed by atoms with Gasteiger partial charge in [0.2, 0.25) is 0 Å². The molecule has 17 heavy (non-hydrogen) atoms. The van der Waals surface area contributed by atoms with Crippen molar-refractivity contribution in [3.05, 3.63) is 11.9 Å². The molecule has 0 unspecified atom stereocenters. The van der Waals surface area contributed by atoms with Crippen molar-refractivity contribution >= 4 is 11.6 Å². The Balaban J connectivity index is 1.91. The normalized spacial score (nSPS) is 17.0. The molecule has 0 aromatic carbocycles. The van der Waals surface area contributed by atoms with E-state index in [9.17, 15) is 0 Å². The van der Waals surface area contributed by atoms with Gasteiger partial charge in [-0.15, -0.1) is 0 Å². The number of hydrogen-bond donors (Lipinski definition) is 2. The summed E-state index contributed by atoms with van der Waals surface area (Å²) in [7, 11) is 0. The SMILES string of the molecule is CCc1nc(N)cc(NCC2CCCCC2)n1. The van der Waals surface area contributed by atoms with Crippen LogP contribution >= 0.6 is 0 Å². The van der Waals surface area contributed by atoms with Gasteiger partial charge in [-0.25, -0.2) is 9.97 Å². The molecule has 1 saturated carbocycles. The van der Waals surface area contributed by atoms with Gasteiger partial charge in [0.1, 0.15) is 17.5 Å². The topological polar surface area (TPSA) is 63.8 Å². The smallest absolute Gasteiger partial charge is 0.132 e. The zero-order valence-electron chi connectivity index (χ0n) is 10.6. The molecular weight excluding hydrogens is 212 g/mol. The number of aromatic nitrogens is 2. The Kier molecular flexibility index (Phi) is 4.18. The molecule has 0 spiro atoms. The highest BCUT2D eigenvalue weighted by Gasteiger charge is 2.13. The molecule has 3 N–H and O–H groups in total. The maximum Gasteiger partial charge on any atom is 0.132 e. The first-order chi connectivity index (χ1) is 8.28. The molecular formula is C13H22N4. The fourth-order valence-electron chi connectivity index (χ4n) is 2.41. The molecule has 1 aliphatic rings. The predicted octanol–water partition coefficient (Wildman–Crippen LogP) is 2.61. The van der Waals surface area contributed by atoms with Crippen LogP contribution in [-0.4, -0.2) is 16.5 Å². The summed E-state index contributed by atoms with van der Waals surface area (Å²) in [6.07, 6.45) is 7.65. The van der Waals surface area contributed by atoms with E-state index < -0.39 is 0 Å². The summed E-state index contributed by atoms with van der Waals surface area (Å²) in [6.45, 7) is 3.05. The van der Waals surface area contributed by atoms with E-state index in [4.69, 9.17) is 5.73 Å². The molecule has 0 saturated heterocycles. The van der Waals surface area contributed by atoms with Crippen LogP contribution in [0.3, 0.4) is 0 Å². The lowest BCUT2D eigenvalue weighted by atomic mass is 9.89. The van der Waals surface area contributed by atoms with E-state index in [-0.39, 0.29) is 0 Å². The van der Waals surface area contributed by atoms with Gasteiger partial charge in [-0.1, -0.05) is 26.2 Å². The van der Waals surface area contributed by atoms with Crippen molar-refractivity contribution in [2.75, 3.05) is 17.6 Å². The third kappa shape index (κ3) is 3.58. The maximum atomic E-state index is 5.75. The lowest BCUT2D eigenvalue weighted by Crippen LogP contribution is -2.18. The second-order valence-electron chi connectivity index (χ2n) is 4.83. The first kappa shape index (κ1) is 12.1. The van der Waals surface area contributed by atoms with Crippen LogP contribution in [0.2, 0.25) is 0 Å². The predicted molar refractivity (Wildman–Crippen MR) is 70.9 cm³/mol. The van der Waals surface area contributed by atoms with Gasteiger partial charge in [0, 0.05) is 19.0 Å². The zero-order valence-corrected chi connectivity index (χ0v) is 10.6. The molecule has 4 heteroatoms. The number of nitrogens with two attached hydrogens (primary N) is 1. The van der Waals surface area contributed by atoms with Gasteiger partial charge < -0.3 is 11.1 Å². The summed E-state index contributed by atoms with van der Waals surface area (Å²) >= 11 is 0. The Bertz CT molecular complexity index is 358. The van der Waals surface area contributed by atoms with Crippen LogP contribution in [0.5, 0.6) is 0 Å². The minimum atomic E-state index is 0.558. The standard InChI is InChI=1S/C13H22N4/c1-2-12-16-11(14)8-13(17-12)15-9-10-6-4-3-5-7-10/h8,10H,2-7,9H2,1H3,(H3,14,15,16,17). The molecule has 94 valence electrons. The number of nitrogens with one attached hydrogen (secondary N) is 1. The largest absolute Gasteiger partial charge is 0.384 e. The monoisotopic (exact) mass is 234 g/mol. The molecule has 0 atom stereocenters. The lowest BCUT2D eigenvalue weighted by molar-refractivity contribution is 0.373. The minimum Gasteiger partial charge on any atom is -0.384 e. The van der Waals surface area contributed by atoms with Gasteiger partial charge in [0.15, 0.2) is 0 Å². The van der Waals surface area contributed by atoms with E-state index in [2.05, 4.69) is 15.3 Å². The fraction of sp³-hybridized carbons (Fsp3) is 0.692. The first-order valence-corrected chi connectivity index (χ1v) is 6.65. The van der Waals surface area contributed by atoms with E-state index in [1.165, 1.54) is 32.1 Å². The molecule has 1 fully saturated rings. The lowest BCUT2D eigenvalue weighted by Gasteiger charge is -2.22. The molecule has 0 radical (unpaired) electrons. The van der Waals surface area contributed by atoms with Gasteiger partial charge in [0.25, 0.3) is 0 Å². The highest BCUT2D eigenvalue weighted by Crippen LogP contribution is 2.23. The first-order valence-electron chi connectivity index (χ1n) is 6.65. The van der Waals surface area contributed by atoms with Gasteiger partial charge in [-0.3, -0.25) is 0 Å². The Labute approximate surface area is 103 Å². The second kappa shape index (κ2) is 5.84. The van der Waals surface area contributed by atoms with E-state index in [0.29, 0.717) is 5.82 Å². The van der Waals surface area contributed by atoms with Crippen molar-refractivity contribution in [2.24, 2.45) is 5.92 Å². The zero-order chi connectivity index (χ0) is 12.1. The highest BCUT2D eigenvalue weighted by molar-refractivity contribution is 5.44. The van der Waals surface area contributed by atoms with Crippen LogP contribution in [0.1, 0.15) is 44.9 Å². The Morgan fingerprint density at radius 1 is 1.29 bits per heavy atom. The number of hydrogen-bond acceptors (Lipinski definition) is 4. The summed E-state index contributed by atoms with van der Waals surface area (Å²) in [4.78, 5) is 8.61. The Hall–Kier alpha value is -1.32. The number of nitrogen functional groups attached to an aromatic ring is 1. The molecule has 0 amide bonds. The van der Waals surface area contributed by atoms with Crippen molar-refractivity contribution in [1.82, 2.24) is 9.97 Å². The summed E-state index contributed by atoms with van der Waals surface area (Å²) in [5, 5.41) is 3.40. The molecule has 4 nitrogen and oxygen atoms in total. The van der Waals surface area contributed by atoms with Crippen LogP contribution in [0.15, 0.2) is 6.07 Å². The van der Waals surface area contributed by atoms with Crippen molar-refractivity contribution < 1.29 is 0 Å². The van der Waals surface area contributed by atoms with Gasteiger partial charge in [0.05, 0.1) is 0 Å². The van der Waals surface area contributed by atoms with Crippen molar-refractivity contribution in [3.63, 3.8) is 0 Å². The average Bonchev–Trinajstić information content (AvgIpc) is 2.37. The molecule has 1 aromatic heterocycles.